The molecule has 5 heteroatoms. The minimum absolute atomic E-state index is 0.188. The SMILES string of the molecule is CCc1nc(SC2CCCCC2O)n[nH]1. The van der Waals surface area contributed by atoms with Crippen LogP contribution in [0.3, 0.4) is 0 Å². The van der Waals surface area contributed by atoms with Crippen molar-refractivity contribution in [3.05, 3.63) is 5.82 Å². The maximum atomic E-state index is 9.81. The van der Waals surface area contributed by atoms with E-state index in [0.29, 0.717) is 0 Å². The summed E-state index contributed by atoms with van der Waals surface area (Å²) in [4.78, 5) is 4.34. The highest BCUT2D eigenvalue weighted by Gasteiger charge is 2.25. The zero-order valence-electron chi connectivity index (χ0n) is 8.94. The number of aliphatic hydroxyl groups is 1. The maximum Gasteiger partial charge on any atom is 0.208 e. The van der Waals surface area contributed by atoms with Crippen LogP contribution in [-0.2, 0) is 6.42 Å². The lowest BCUT2D eigenvalue weighted by Crippen LogP contribution is -2.26. The summed E-state index contributed by atoms with van der Waals surface area (Å²) in [5, 5.41) is 17.9. The van der Waals surface area contributed by atoms with E-state index < -0.39 is 0 Å². The number of rotatable bonds is 3. The van der Waals surface area contributed by atoms with Crippen molar-refractivity contribution in [1.29, 1.82) is 0 Å². The number of aliphatic hydroxyl groups excluding tert-OH is 1. The topological polar surface area (TPSA) is 61.8 Å². The second-order valence-corrected chi connectivity index (χ2v) is 5.13. The molecule has 0 radical (unpaired) electrons. The molecule has 2 N–H and O–H groups in total. The highest BCUT2D eigenvalue weighted by molar-refractivity contribution is 7.99. The highest BCUT2D eigenvalue weighted by atomic mass is 32.2. The first kappa shape index (κ1) is 11.0. The van der Waals surface area contributed by atoms with Gasteiger partial charge in [0.1, 0.15) is 5.82 Å². The minimum atomic E-state index is -0.188. The lowest BCUT2D eigenvalue weighted by molar-refractivity contribution is 0.137. The summed E-state index contributed by atoms with van der Waals surface area (Å²) >= 11 is 1.61. The molecular formula is C10H17N3OS. The second-order valence-electron chi connectivity index (χ2n) is 3.93. The molecule has 0 spiro atoms. The van der Waals surface area contributed by atoms with Gasteiger partial charge >= 0.3 is 0 Å². The van der Waals surface area contributed by atoms with E-state index in [1.807, 2.05) is 6.92 Å². The number of H-pyrrole nitrogens is 1. The maximum absolute atomic E-state index is 9.81. The van der Waals surface area contributed by atoms with Crippen LogP contribution in [0.15, 0.2) is 5.16 Å². The molecule has 0 bridgehead atoms. The quantitative estimate of drug-likeness (QED) is 0.826. The van der Waals surface area contributed by atoms with Crippen molar-refractivity contribution in [2.45, 2.75) is 55.5 Å². The Hall–Kier alpha value is -0.550. The fourth-order valence-electron chi connectivity index (χ4n) is 1.84. The molecule has 0 amide bonds. The highest BCUT2D eigenvalue weighted by Crippen LogP contribution is 2.31. The predicted molar refractivity (Wildman–Crippen MR) is 59.9 cm³/mol. The predicted octanol–water partition coefficient (Wildman–Crippen LogP) is 1.76. The van der Waals surface area contributed by atoms with E-state index in [-0.39, 0.29) is 11.4 Å². The molecule has 1 aliphatic rings. The molecular weight excluding hydrogens is 210 g/mol. The average molecular weight is 227 g/mol. The zero-order chi connectivity index (χ0) is 10.7. The standard InChI is InChI=1S/C10H17N3OS/c1-2-9-11-10(13-12-9)15-8-6-4-3-5-7(8)14/h7-8,14H,2-6H2,1H3,(H,11,12,13). The molecule has 0 aromatic carbocycles. The molecule has 1 aromatic rings. The summed E-state index contributed by atoms with van der Waals surface area (Å²) in [6.07, 6.45) is 5.03. The Morgan fingerprint density at radius 1 is 1.47 bits per heavy atom. The van der Waals surface area contributed by atoms with Gasteiger partial charge in [-0.3, -0.25) is 5.10 Å². The van der Waals surface area contributed by atoms with Crippen molar-refractivity contribution in [2.24, 2.45) is 0 Å². The van der Waals surface area contributed by atoms with E-state index in [1.165, 1.54) is 6.42 Å². The molecule has 0 aliphatic heterocycles. The fourth-order valence-corrected chi connectivity index (χ4v) is 2.95. The van der Waals surface area contributed by atoms with Gasteiger partial charge in [-0.25, -0.2) is 4.98 Å². The zero-order valence-corrected chi connectivity index (χ0v) is 9.76. The normalized spacial score (nSPS) is 26.8. The van der Waals surface area contributed by atoms with Gasteiger partial charge in [0, 0.05) is 11.7 Å². The fraction of sp³-hybridized carbons (Fsp3) is 0.800. The Morgan fingerprint density at radius 2 is 2.27 bits per heavy atom. The van der Waals surface area contributed by atoms with Crippen LogP contribution >= 0.6 is 11.8 Å². The van der Waals surface area contributed by atoms with Crippen LogP contribution in [0.25, 0.3) is 0 Å². The third-order valence-electron chi connectivity index (χ3n) is 2.77. The number of aryl methyl sites for hydroxylation is 1. The first-order valence-electron chi connectivity index (χ1n) is 5.55. The monoisotopic (exact) mass is 227 g/mol. The molecule has 1 saturated carbocycles. The van der Waals surface area contributed by atoms with Gasteiger partial charge in [-0.1, -0.05) is 31.5 Å². The summed E-state index contributed by atoms with van der Waals surface area (Å²) in [6, 6.07) is 0. The van der Waals surface area contributed by atoms with Crippen LogP contribution in [-0.4, -0.2) is 31.6 Å². The van der Waals surface area contributed by atoms with Crippen molar-refractivity contribution in [3.63, 3.8) is 0 Å². The number of thioether (sulfide) groups is 1. The van der Waals surface area contributed by atoms with Gasteiger partial charge in [0.2, 0.25) is 5.16 Å². The Kier molecular flexibility index (Phi) is 3.64. The molecule has 1 fully saturated rings. The summed E-state index contributed by atoms with van der Waals surface area (Å²) in [7, 11) is 0. The lowest BCUT2D eigenvalue weighted by atomic mass is 9.97. The molecule has 0 saturated heterocycles. The lowest BCUT2D eigenvalue weighted by Gasteiger charge is -2.25. The van der Waals surface area contributed by atoms with Crippen molar-refractivity contribution in [2.75, 3.05) is 0 Å². The summed E-state index contributed by atoms with van der Waals surface area (Å²) in [5.74, 6) is 0.919. The number of aromatic nitrogens is 3. The number of nitrogens with one attached hydrogen (secondary N) is 1. The minimum Gasteiger partial charge on any atom is -0.392 e. The molecule has 4 nitrogen and oxygen atoms in total. The van der Waals surface area contributed by atoms with E-state index in [9.17, 15) is 5.11 Å². The van der Waals surface area contributed by atoms with E-state index in [1.54, 1.807) is 11.8 Å². The Morgan fingerprint density at radius 3 is 2.93 bits per heavy atom. The molecule has 2 atom stereocenters. The molecule has 2 unspecified atom stereocenters. The van der Waals surface area contributed by atoms with E-state index in [2.05, 4.69) is 15.2 Å². The Balaban J connectivity index is 1.95. The second kappa shape index (κ2) is 4.99. The van der Waals surface area contributed by atoms with Crippen LogP contribution in [0.1, 0.15) is 38.4 Å². The molecule has 1 aromatic heterocycles. The Labute approximate surface area is 93.9 Å². The summed E-state index contributed by atoms with van der Waals surface area (Å²) in [6.45, 7) is 2.05. The van der Waals surface area contributed by atoms with Gasteiger partial charge < -0.3 is 5.11 Å². The van der Waals surface area contributed by atoms with Crippen LogP contribution < -0.4 is 0 Å². The van der Waals surface area contributed by atoms with Crippen LogP contribution in [0.4, 0.5) is 0 Å². The van der Waals surface area contributed by atoms with Crippen molar-refractivity contribution >= 4 is 11.8 Å². The molecule has 84 valence electrons. The van der Waals surface area contributed by atoms with E-state index in [0.717, 1.165) is 36.7 Å². The first-order valence-corrected chi connectivity index (χ1v) is 6.43. The first-order chi connectivity index (χ1) is 7.29. The number of hydrogen-bond donors (Lipinski definition) is 2. The van der Waals surface area contributed by atoms with Gasteiger partial charge in [0.05, 0.1) is 6.10 Å². The average Bonchev–Trinajstić information content (AvgIpc) is 2.69. The molecule has 1 aliphatic carbocycles. The van der Waals surface area contributed by atoms with E-state index >= 15 is 0 Å². The van der Waals surface area contributed by atoms with Gasteiger partial charge in [-0.05, 0) is 12.8 Å². The van der Waals surface area contributed by atoms with Crippen LogP contribution in [0.5, 0.6) is 0 Å². The van der Waals surface area contributed by atoms with Crippen molar-refractivity contribution in [3.8, 4) is 0 Å². The number of aromatic amines is 1. The van der Waals surface area contributed by atoms with Gasteiger partial charge in [0.15, 0.2) is 0 Å². The third-order valence-corrected chi connectivity index (χ3v) is 4.02. The molecule has 2 rings (SSSR count). The third kappa shape index (κ3) is 2.72. The van der Waals surface area contributed by atoms with Gasteiger partial charge in [-0.15, -0.1) is 5.10 Å². The largest absolute Gasteiger partial charge is 0.392 e. The summed E-state index contributed by atoms with van der Waals surface area (Å²) in [5.41, 5.74) is 0. The van der Waals surface area contributed by atoms with Gasteiger partial charge in [0.25, 0.3) is 0 Å². The van der Waals surface area contributed by atoms with Crippen LogP contribution in [0, 0.1) is 0 Å². The molecule has 1 heterocycles. The molecule has 15 heavy (non-hydrogen) atoms. The Bertz CT molecular complexity index is 315. The van der Waals surface area contributed by atoms with Crippen molar-refractivity contribution in [1.82, 2.24) is 15.2 Å². The van der Waals surface area contributed by atoms with E-state index in [4.69, 9.17) is 0 Å². The van der Waals surface area contributed by atoms with Crippen molar-refractivity contribution < 1.29 is 5.11 Å². The van der Waals surface area contributed by atoms with Gasteiger partial charge in [-0.2, -0.15) is 0 Å². The summed E-state index contributed by atoms with van der Waals surface area (Å²) < 4.78 is 0. The number of hydrogen-bond acceptors (Lipinski definition) is 4. The smallest absolute Gasteiger partial charge is 0.208 e. The number of nitrogens with zero attached hydrogens (tertiary/aromatic N) is 2. The van der Waals surface area contributed by atoms with Crippen LogP contribution in [0.2, 0.25) is 0 Å².